The maximum atomic E-state index is 12.5. The van der Waals surface area contributed by atoms with Gasteiger partial charge in [-0.3, -0.25) is 4.79 Å². The fourth-order valence-corrected chi connectivity index (χ4v) is 3.35. The lowest BCUT2D eigenvalue weighted by molar-refractivity contribution is -0.127. The molecule has 0 saturated carbocycles. The number of carbonyl (C=O) groups excluding carboxylic acids is 1. The summed E-state index contributed by atoms with van der Waals surface area (Å²) in [5, 5.41) is 3.75. The van der Waals surface area contributed by atoms with Gasteiger partial charge in [-0.2, -0.15) is 18.2 Å². The zero-order valence-electron chi connectivity index (χ0n) is 14.8. The number of piperidine rings is 1. The molecule has 146 valence electrons. The molecular weight excluding hydrogens is 363 g/mol. The first-order valence-corrected chi connectivity index (χ1v) is 8.69. The summed E-state index contributed by atoms with van der Waals surface area (Å²) in [4.78, 5) is 17.2. The minimum absolute atomic E-state index is 0.0312. The smallest absolute Gasteiger partial charge is 0.393 e. The van der Waals surface area contributed by atoms with Crippen LogP contribution in [-0.2, 0) is 11.2 Å². The molecule has 0 radical (unpaired) electrons. The van der Waals surface area contributed by atoms with E-state index in [1.807, 2.05) is 6.92 Å². The van der Waals surface area contributed by atoms with E-state index in [9.17, 15) is 18.0 Å². The second-order valence-corrected chi connectivity index (χ2v) is 6.57. The van der Waals surface area contributed by atoms with Crippen LogP contribution in [0.3, 0.4) is 0 Å². The lowest BCUT2D eigenvalue weighted by Gasteiger charge is -2.34. The quantitative estimate of drug-likeness (QED) is 0.716. The van der Waals surface area contributed by atoms with E-state index in [1.54, 1.807) is 17.0 Å². The van der Waals surface area contributed by atoms with Gasteiger partial charge in [0.1, 0.15) is 0 Å². The molecular formula is C18H20F3N3O3. The zero-order valence-corrected chi connectivity index (χ0v) is 14.8. The molecule has 0 spiro atoms. The van der Waals surface area contributed by atoms with Gasteiger partial charge in [0.2, 0.25) is 12.3 Å². The molecule has 0 N–H and O–H groups in total. The van der Waals surface area contributed by atoms with Gasteiger partial charge < -0.3 is 14.2 Å². The van der Waals surface area contributed by atoms with Crippen molar-refractivity contribution in [2.75, 3.05) is 19.7 Å². The maximum absolute atomic E-state index is 12.5. The minimum atomic E-state index is -4.23. The first kappa shape index (κ1) is 19.2. The van der Waals surface area contributed by atoms with Crippen LogP contribution in [0.25, 0.3) is 0 Å². The Bertz CT molecular complexity index is 761. The average molecular weight is 383 g/mol. The Morgan fingerprint density at radius 3 is 2.59 bits per heavy atom. The van der Waals surface area contributed by atoms with Gasteiger partial charge in [0.05, 0.1) is 18.9 Å². The molecule has 0 aliphatic carbocycles. The molecule has 27 heavy (non-hydrogen) atoms. The molecule has 3 rings (SSSR count). The Kier molecular flexibility index (Phi) is 5.67. The maximum Gasteiger partial charge on any atom is 0.393 e. The number of hydrogen-bond acceptors (Lipinski definition) is 5. The van der Waals surface area contributed by atoms with Crippen molar-refractivity contribution >= 4 is 6.41 Å². The van der Waals surface area contributed by atoms with Gasteiger partial charge in [-0.15, -0.1) is 0 Å². The lowest BCUT2D eigenvalue weighted by Crippen LogP contribution is -2.37. The predicted molar refractivity (Wildman–Crippen MR) is 89.4 cm³/mol. The molecule has 2 aromatic rings. The Balaban J connectivity index is 1.75. The van der Waals surface area contributed by atoms with Crippen molar-refractivity contribution in [2.45, 2.75) is 37.8 Å². The minimum Gasteiger partial charge on any atom is -0.462 e. The number of halogens is 3. The third-order valence-electron chi connectivity index (χ3n) is 4.53. The van der Waals surface area contributed by atoms with Gasteiger partial charge in [-0.25, -0.2) is 0 Å². The van der Waals surface area contributed by atoms with E-state index in [0.717, 1.165) is 12.0 Å². The third kappa shape index (κ3) is 4.99. The standard InChI is InChI=1S/C18H20F3N3O3/c1-2-26-17-22-16(27-23-17)15-7-14(9-24(10-15)11-25)13-5-3-12(4-6-13)8-18(19,20)21/h3-6,11,14-15H,2,7-10H2,1H3. The number of hydrogen-bond donors (Lipinski definition) is 0. The number of nitrogens with zero attached hydrogens (tertiary/aromatic N) is 3. The molecule has 9 heteroatoms. The molecule has 2 atom stereocenters. The van der Waals surface area contributed by atoms with E-state index in [1.165, 1.54) is 12.1 Å². The molecule has 6 nitrogen and oxygen atoms in total. The average Bonchev–Trinajstić information content (AvgIpc) is 3.10. The van der Waals surface area contributed by atoms with Crippen LogP contribution < -0.4 is 4.74 Å². The van der Waals surface area contributed by atoms with Crippen molar-refractivity contribution < 1.29 is 27.2 Å². The van der Waals surface area contributed by atoms with Crippen molar-refractivity contribution in [3.8, 4) is 6.01 Å². The van der Waals surface area contributed by atoms with E-state index in [0.29, 0.717) is 32.0 Å². The fraction of sp³-hybridized carbons (Fsp3) is 0.500. The van der Waals surface area contributed by atoms with Gasteiger partial charge in [0, 0.05) is 19.0 Å². The van der Waals surface area contributed by atoms with Crippen LogP contribution in [0.4, 0.5) is 13.2 Å². The highest BCUT2D eigenvalue weighted by atomic mass is 19.4. The number of amides is 1. The number of rotatable bonds is 6. The molecule has 1 amide bonds. The monoisotopic (exact) mass is 383 g/mol. The summed E-state index contributed by atoms with van der Waals surface area (Å²) in [7, 11) is 0. The molecule has 1 aliphatic rings. The number of ether oxygens (including phenoxy) is 1. The number of likely N-dealkylation sites (tertiary alicyclic amines) is 1. The number of alkyl halides is 3. The predicted octanol–water partition coefficient (Wildman–Crippen LogP) is 3.30. The van der Waals surface area contributed by atoms with Crippen LogP contribution in [0.2, 0.25) is 0 Å². The van der Waals surface area contributed by atoms with Gasteiger partial charge in [-0.05, 0) is 29.6 Å². The SMILES string of the molecule is CCOc1noc(C2CC(c3ccc(CC(F)(F)F)cc3)CN(C=O)C2)n1. The van der Waals surface area contributed by atoms with E-state index in [2.05, 4.69) is 10.1 Å². The molecule has 0 bridgehead atoms. The molecule has 1 fully saturated rings. The first-order chi connectivity index (χ1) is 12.9. The van der Waals surface area contributed by atoms with Crippen molar-refractivity contribution in [3.63, 3.8) is 0 Å². The van der Waals surface area contributed by atoms with Crippen LogP contribution in [0, 0.1) is 0 Å². The number of benzene rings is 1. The molecule has 1 aromatic heterocycles. The van der Waals surface area contributed by atoms with Gasteiger partial charge in [0.25, 0.3) is 0 Å². The molecule has 1 saturated heterocycles. The summed E-state index contributed by atoms with van der Waals surface area (Å²) < 4.78 is 48.0. The Morgan fingerprint density at radius 1 is 1.26 bits per heavy atom. The van der Waals surface area contributed by atoms with Crippen molar-refractivity contribution in [3.05, 3.63) is 41.3 Å². The summed E-state index contributed by atoms with van der Waals surface area (Å²) in [6.45, 7) is 3.16. The van der Waals surface area contributed by atoms with E-state index in [-0.39, 0.29) is 23.4 Å². The highest BCUT2D eigenvalue weighted by molar-refractivity contribution is 5.48. The molecule has 1 aliphatic heterocycles. The number of carbonyl (C=O) groups is 1. The topological polar surface area (TPSA) is 68.5 Å². The van der Waals surface area contributed by atoms with Crippen molar-refractivity contribution in [1.29, 1.82) is 0 Å². The largest absolute Gasteiger partial charge is 0.462 e. The zero-order chi connectivity index (χ0) is 19.4. The Morgan fingerprint density at radius 2 is 1.96 bits per heavy atom. The van der Waals surface area contributed by atoms with Crippen LogP contribution in [-0.4, -0.2) is 47.3 Å². The van der Waals surface area contributed by atoms with Crippen LogP contribution in [0.5, 0.6) is 6.01 Å². The van der Waals surface area contributed by atoms with E-state index < -0.39 is 12.6 Å². The van der Waals surface area contributed by atoms with Gasteiger partial charge in [-0.1, -0.05) is 24.3 Å². The van der Waals surface area contributed by atoms with Gasteiger partial charge >= 0.3 is 12.2 Å². The summed E-state index contributed by atoms with van der Waals surface area (Å²) in [6.07, 6.45) is -3.78. The second kappa shape index (κ2) is 7.98. The molecule has 1 aromatic carbocycles. The van der Waals surface area contributed by atoms with Crippen LogP contribution >= 0.6 is 0 Å². The summed E-state index contributed by atoms with van der Waals surface area (Å²) in [6, 6.07) is 6.51. The second-order valence-electron chi connectivity index (χ2n) is 6.57. The Hall–Kier alpha value is -2.58. The third-order valence-corrected chi connectivity index (χ3v) is 4.53. The van der Waals surface area contributed by atoms with E-state index in [4.69, 9.17) is 9.26 Å². The fourth-order valence-electron chi connectivity index (χ4n) is 3.35. The van der Waals surface area contributed by atoms with Crippen molar-refractivity contribution in [1.82, 2.24) is 15.0 Å². The van der Waals surface area contributed by atoms with Gasteiger partial charge in [0.15, 0.2) is 0 Å². The van der Waals surface area contributed by atoms with Crippen LogP contribution in [0.1, 0.15) is 42.2 Å². The van der Waals surface area contributed by atoms with Crippen LogP contribution in [0.15, 0.2) is 28.8 Å². The molecule has 2 heterocycles. The number of aromatic nitrogens is 2. The summed E-state index contributed by atoms with van der Waals surface area (Å²) in [5.74, 6) is 0.200. The molecule has 2 unspecified atom stereocenters. The normalized spacial score (nSPS) is 20.5. The Labute approximate surface area is 154 Å². The summed E-state index contributed by atoms with van der Waals surface area (Å²) in [5.41, 5.74) is 1.09. The highest BCUT2D eigenvalue weighted by Gasteiger charge is 2.32. The summed E-state index contributed by atoms with van der Waals surface area (Å²) >= 11 is 0. The lowest BCUT2D eigenvalue weighted by atomic mass is 9.84. The first-order valence-electron chi connectivity index (χ1n) is 8.69. The highest BCUT2D eigenvalue weighted by Crippen LogP contribution is 2.35. The van der Waals surface area contributed by atoms with Crippen molar-refractivity contribution in [2.24, 2.45) is 0 Å². The van der Waals surface area contributed by atoms with E-state index >= 15 is 0 Å².